The number of carbonyl (C=O) groups is 1. The molecular formula is C29H31N3O8S. The molecule has 2 aliphatic heterocycles. The van der Waals surface area contributed by atoms with E-state index >= 15 is 0 Å². The van der Waals surface area contributed by atoms with Crippen molar-refractivity contribution in [1.29, 1.82) is 0 Å². The zero-order valence-corrected chi connectivity index (χ0v) is 23.8. The second-order valence-electron chi connectivity index (χ2n) is 10.6. The number of fused-ring (bicyclic) bond motifs is 3. The maximum Gasteiger partial charge on any atom is 0.333 e. The molecule has 0 aliphatic carbocycles. The van der Waals surface area contributed by atoms with Gasteiger partial charge in [-0.15, -0.1) is 11.3 Å². The van der Waals surface area contributed by atoms with Crippen molar-refractivity contribution in [1.82, 2.24) is 14.1 Å². The van der Waals surface area contributed by atoms with Crippen molar-refractivity contribution in [2.45, 2.75) is 76.5 Å². The number of aryl methyl sites for hydroxylation is 1. The molecule has 1 aromatic carbocycles. The molecule has 1 N–H and O–H groups in total. The van der Waals surface area contributed by atoms with Gasteiger partial charge in [-0.2, -0.15) is 0 Å². The van der Waals surface area contributed by atoms with E-state index in [1.807, 2.05) is 24.3 Å². The van der Waals surface area contributed by atoms with E-state index in [9.17, 15) is 19.5 Å². The van der Waals surface area contributed by atoms with Gasteiger partial charge in [0.1, 0.15) is 29.0 Å². The molecule has 0 saturated carbocycles. The van der Waals surface area contributed by atoms with Crippen molar-refractivity contribution >= 4 is 27.5 Å². The number of carboxylic acids is 1. The second-order valence-corrected chi connectivity index (χ2v) is 11.6. The molecule has 2 fully saturated rings. The summed E-state index contributed by atoms with van der Waals surface area (Å²) in [6.45, 7) is 3.10. The molecule has 3 aromatic heterocycles. The van der Waals surface area contributed by atoms with Crippen LogP contribution in [-0.4, -0.2) is 50.6 Å². The fraction of sp³-hybridized carbons (Fsp3) is 0.448. The smallest absolute Gasteiger partial charge is 0.333 e. The average Bonchev–Trinajstić information content (AvgIpc) is 3.69. The van der Waals surface area contributed by atoms with Crippen LogP contribution in [0.2, 0.25) is 0 Å². The minimum Gasteiger partial charge on any atom is -0.496 e. The summed E-state index contributed by atoms with van der Waals surface area (Å²) < 4.78 is 26.2. The molecule has 6 rings (SSSR count). The van der Waals surface area contributed by atoms with Crippen LogP contribution in [0.5, 0.6) is 5.75 Å². The lowest BCUT2D eigenvalue weighted by atomic mass is 10.0. The Bertz CT molecular complexity index is 1690. The summed E-state index contributed by atoms with van der Waals surface area (Å²) in [5, 5.41) is 10.0. The molecule has 4 aromatic rings. The number of ether oxygens (including phenoxy) is 3. The molecule has 2 saturated heterocycles. The first-order valence-electron chi connectivity index (χ1n) is 13.6. The van der Waals surface area contributed by atoms with Gasteiger partial charge in [0.15, 0.2) is 0 Å². The van der Waals surface area contributed by atoms with E-state index in [1.165, 1.54) is 35.3 Å². The Morgan fingerprint density at radius 3 is 2.61 bits per heavy atom. The highest BCUT2D eigenvalue weighted by atomic mass is 32.1. The highest BCUT2D eigenvalue weighted by molar-refractivity contribution is 7.22. The SMILES string of the molecule is COc1ccccc1[C@H](Cn1c(=O)n([C@H](C)C(=O)O)c(=O)c2c(C)c(-c3ncco3)sc21)O[C@@H]1C[C@H]2CC[C@@H](C1)O2. The van der Waals surface area contributed by atoms with Crippen LogP contribution in [-0.2, 0) is 20.8 Å². The van der Waals surface area contributed by atoms with E-state index < -0.39 is 29.4 Å². The van der Waals surface area contributed by atoms with Gasteiger partial charge in [0.05, 0.1) is 48.4 Å². The number of carboxylic acid groups (broad SMARTS) is 1. The predicted octanol–water partition coefficient (Wildman–Crippen LogP) is 4.31. The Labute approximate surface area is 238 Å². The third-order valence-corrected chi connectivity index (χ3v) is 9.36. The standard InChI is InChI=1S/C29H31N3O8S/c1-15-23-26(33)32(16(2)28(34)35)29(36)31(27(23)41-24(15)25-30-10-11-38-25)14-22(20-6-4-5-7-21(20)37-3)40-19-12-17-8-9-18(13-19)39-17/h4-7,10-11,16-19,22H,8-9,12-14H2,1-3H3,(H,34,35)/t16-,17-,18+,19-,22+/m1/s1. The van der Waals surface area contributed by atoms with Gasteiger partial charge in [0.2, 0.25) is 5.89 Å². The summed E-state index contributed by atoms with van der Waals surface area (Å²) in [6, 6.07) is 6.09. The molecular weight excluding hydrogens is 550 g/mol. The highest BCUT2D eigenvalue weighted by Gasteiger charge is 2.37. The molecule has 11 nitrogen and oxygen atoms in total. The Morgan fingerprint density at radius 2 is 1.95 bits per heavy atom. The van der Waals surface area contributed by atoms with Crippen LogP contribution in [0.25, 0.3) is 21.0 Å². The lowest BCUT2D eigenvalue weighted by molar-refractivity contribution is -0.140. The molecule has 5 atom stereocenters. The number of aromatic nitrogens is 3. The molecule has 5 heterocycles. The number of nitrogens with zero attached hydrogens (tertiary/aromatic N) is 3. The molecule has 2 aliphatic rings. The first-order valence-corrected chi connectivity index (χ1v) is 14.4. The van der Waals surface area contributed by atoms with E-state index in [0.29, 0.717) is 26.9 Å². The van der Waals surface area contributed by atoms with E-state index in [1.54, 1.807) is 14.0 Å². The van der Waals surface area contributed by atoms with E-state index in [4.69, 9.17) is 18.6 Å². The first kappa shape index (κ1) is 27.4. The van der Waals surface area contributed by atoms with Crippen LogP contribution in [0, 0.1) is 6.92 Å². The minimum absolute atomic E-state index is 0.0278. The minimum atomic E-state index is -1.38. The van der Waals surface area contributed by atoms with Gasteiger partial charge in [-0.05, 0) is 51.2 Å². The molecule has 12 heteroatoms. The second kappa shape index (κ2) is 10.9. The van der Waals surface area contributed by atoms with Gasteiger partial charge in [0.25, 0.3) is 5.56 Å². The zero-order chi connectivity index (χ0) is 28.8. The quantitative estimate of drug-likeness (QED) is 0.307. The van der Waals surface area contributed by atoms with Gasteiger partial charge in [0, 0.05) is 5.56 Å². The van der Waals surface area contributed by atoms with Crippen LogP contribution < -0.4 is 16.0 Å². The van der Waals surface area contributed by atoms with Gasteiger partial charge in [-0.1, -0.05) is 18.2 Å². The maximum atomic E-state index is 14.0. The normalized spacial score (nSPS) is 21.7. The number of hydrogen-bond acceptors (Lipinski definition) is 9. The van der Waals surface area contributed by atoms with Crippen molar-refractivity contribution < 1.29 is 28.5 Å². The number of hydrogen-bond donors (Lipinski definition) is 1. The van der Waals surface area contributed by atoms with Crippen molar-refractivity contribution in [3.8, 4) is 16.5 Å². The molecule has 0 radical (unpaired) electrons. The summed E-state index contributed by atoms with van der Waals surface area (Å²) in [6.07, 6.45) is 5.99. The Hall–Kier alpha value is -3.74. The monoisotopic (exact) mass is 581 g/mol. The van der Waals surface area contributed by atoms with Crippen LogP contribution in [0.15, 0.2) is 50.7 Å². The highest BCUT2D eigenvalue weighted by Crippen LogP contribution is 2.40. The van der Waals surface area contributed by atoms with Gasteiger partial charge < -0.3 is 23.7 Å². The number of thiophene rings is 1. The molecule has 41 heavy (non-hydrogen) atoms. The molecule has 0 unspecified atom stereocenters. The summed E-state index contributed by atoms with van der Waals surface area (Å²) >= 11 is 1.21. The third kappa shape index (κ3) is 4.89. The van der Waals surface area contributed by atoms with Crippen LogP contribution in [0.1, 0.15) is 55.9 Å². The number of methoxy groups -OCH3 is 1. The molecule has 0 amide bonds. The fourth-order valence-electron chi connectivity index (χ4n) is 5.98. The summed E-state index contributed by atoms with van der Waals surface area (Å²) in [4.78, 5) is 44.9. The zero-order valence-electron chi connectivity index (χ0n) is 22.9. The van der Waals surface area contributed by atoms with Gasteiger partial charge in [-0.25, -0.2) is 19.1 Å². The maximum absolute atomic E-state index is 14.0. The summed E-state index contributed by atoms with van der Waals surface area (Å²) in [7, 11) is 1.58. The van der Waals surface area contributed by atoms with Crippen molar-refractivity contribution in [3.63, 3.8) is 0 Å². The molecule has 2 bridgehead atoms. The van der Waals surface area contributed by atoms with Gasteiger partial charge in [-0.3, -0.25) is 9.36 Å². The number of aliphatic carboxylic acids is 1. The van der Waals surface area contributed by atoms with Crippen LogP contribution in [0.3, 0.4) is 0 Å². The van der Waals surface area contributed by atoms with E-state index in [-0.39, 0.29) is 30.2 Å². The summed E-state index contributed by atoms with van der Waals surface area (Å²) in [5.74, 6) is -0.367. The number of rotatable bonds is 9. The van der Waals surface area contributed by atoms with Crippen LogP contribution >= 0.6 is 11.3 Å². The predicted molar refractivity (Wildman–Crippen MR) is 151 cm³/mol. The van der Waals surface area contributed by atoms with Crippen molar-refractivity contribution in [2.75, 3.05) is 7.11 Å². The number of para-hydroxylation sites is 1. The van der Waals surface area contributed by atoms with Crippen molar-refractivity contribution in [3.05, 3.63) is 68.7 Å². The number of oxazole rings is 1. The first-order chi connectivity index (χ1) is 19.8. The lowest BCUT2D eigenvalue weighted by Crippen LogP contribution is -2.44. The fourth-order valence-corrected chi connectivity index (χ4v) is 7.22. The van der Waals surface area contributed by atoms with Crippen molar-refractivity contribution in [2.24, 2.45) is 0 Å². The van der Waals surface area contributed by atoms with Gasteiger partial charge >= 0.3 is 11.7 Å². The third-order valence-electron chi connectivity index (χ3n) is 8.05. The number of benzene rings is 1. The average molecular weight is 582 g/mol. The Kier molecular flexibility index (Phi) is 7.30. The largest absolute Gasteiger partial charge is 0.496 e. The van der Waals surface area contributed by atoms with E-state index in [0.717, 1.165) is 35.8 Å². The Morgan fingerprint density at radius 1 is 1.22 bits per heavy atom. The lowest BCUT2D eigenvalue weighted by Gasteiger charge is -2.32. The molecule has 216 valence electrons. The molecule has 0 spiro atoms. The Balaban J connectivity index is 1.53. The topological polar surface area (TPSA) is 135 Å². The van der Waals surface area contributed by atoms with Crippen LogP contribution in [0.4, 0.5) is 0 Å². The summed E-state index contributed by atoms with van der Waals surface area (Å²) in [5.41, 5.74) is -0.0842. The van der Waals surface area contributed by atoms with E-state index in [2.05, 4.69) is 4.98 Å².